The van der Waals surface area contributed by atoms with E-state index in [-0.39, 0.29) is 11.4 Å². The van der Waals surface area contributed by atoms with E-state index in [9.17, 15) is 20.2 Å². The molecule has 0 unspecified atom stereocenters. The van der Waals surface area contributed by atoms with Crippen molar-refractivity contribution in [2.45, 2.75) is 0 Å². The van der Waals surface area contributed by atoms with Crippen LogP contribution in [0, 0.1) is 20.2 Å². The maximum atomic E-state index is 11.1. The fourth-order valence-corrected chi connectivity index (χ4v) is 2.60. The second-order valence-electron chi connectivity index (χ2n) is 5.45. The van der Waals surface area contributed by atoms with Gasteiger partial charge in [-0.05, 0) is 35.9 Å². The molecule has 3 aromatic rings. The second-order valence-corrected chi connectivity index (χ2v) is 5.45. The Hall–Kier alpha value is -3.81. The molecule has 26 heavy (non-hydrogen) atoms. The minimum Gasteiger partial charge on any atom is -0.383 e. The molecule has 1 N–H and O–H groups in total. The number of nitrogens with one attached hydrogen (secondary N) is 1. The van der Waals surface area contributed by atoms with Gasteiger partial charge in [0.2, 0.25) is 0 Å². The SMILES string of the molecule is CNc1ccc(/C=C/c2ccc3c([N+](=O)[O-])cccc3n2)cc1[N+](=O)[O-]. The highest BCUT2D eigenvalue weighted by atomic mass is 16.6. The van der Waals surface area contributed by atoms with Crippen LogP contribution in [0.5, 0.6) is 0 Å². The van der Waals surface area contributed by atoms with Crippen molar-refractivity contribution in [2.75, 3.05) is 12.4 Å². The van der Waals surface area contributed by atoms with Crippen molar-refractivity contribution in [2.24, 2.45) is 0 Å². The molecule has 1 heterocycles. The summed E-state index contributed by atoms with van der Waals surface area (Å²) in [7, 11) is 1.62. The van der Waals surface area contributed by atoms with E-state index in [2.05, 4.69) is 10.3 Å². The van der Waals surface area contributed by atoms with Crippen LogP contribution in [0.2, 0.25) is 0 Å². The van der Waals surface area contributed by atoms with Gasteiger partial charge in [-0.2, -0.15) is 0 Å². The molecule has 0 atom stereocenters. The summed E-state index contributed by atoms with van der Waals surface area (Å²) in [5.74, 6) is 0. The van der Waals surface area contributed by atoms with E-state index < -0.39 is 9.85 Å². The summed E-state index contributed by atoms with van der Waals surface area (Å²) in [5, 5.41) is 25.4. The summed E-state index contributed by atoms with van der Waals surface area (Å²) in [6.45, 7) is 0. The number of benzene rings is 2. The molecule has 0 spiro atoms. The Morgan fingerprint density at radius 2 is 1.73 bits per heavy atom. The third-order valence-electron chi connectivity index (χ3n) is 3.86. The summed E-state index contributed by atoms with van der Waals surface area (Å²) in [6, 6.07) is 12.9. The Morgan fingerprint density at radius 1 is 0.962 bits per heavy atom. The zero-order chi connectivity index (χ0) is 18.7. The van der Waals surface area contributed by atoms with Crippen molar-refractivity contribution >= 4 is 40.1 Å². The van der Waals surface area contributed by atoms with Crippen LogP contribution in [0.4, 0.5) is 17.1 Å². The fraction of sp³-hybridized carbons (Fsp3) is 0.0556. The quantitative estimate of drug-likeness (QED) is 0.543. The van der Waals surface area contributed by atoms with Gasteiger partial charge in [0.25, 0.3) is 11.4 Å². The molecule has 3 rings (SSSR count). The average Bonchev–Trinajstić information content (AvgIpc) is 2.65. The highest BCUT2D eigenvalue weighted by Gasteiger charge is 2.13. The minimum absolute atomic E-state index is 0.00353. The summed E-state index contributed by atoms with van der Waals surface area (Å²) >= 11 is 0. The first-order valence-corrected chi connectivity index (χ1v) is 7.68. The number of hydrogen-bond acceptors (Lipinski definition) is 6. The number of pyridine rings is 1. The van der Waals surface area contributed by atoms with E-state index in [0.717, 1.165) is 0 Å². The van der Waals surface area contributed by atoms with E-state index >= 15 is 0 Å². The number of aromatic nitrogens is 1. The Labute approximate surface area is 148 Å². The third kappa shape index (κ3) is 3.34. The molecule has 0 saturated heterocycles. The molecule has 0 amide bonds. The van der Waals surface area contributed by atoms with Crippen LogP contribution in [0.3, 0.4) is 0 Å². The monoisotopic (exact) mass is 350 g/mol. The smallest absolute Gasteiger partial charge is 0.292 e. The highest BCUT2D eigenvalue weighted by molar-refractivity contribution is 5.89. The Balaban J connectivity index is 1.95. The van der Waals surface area contributed by atoms with Gasteiger partial charge >= 0.3 is 0 Å². The summed E-state index contributed by atoms with van der Waals surface area (Å²) in [6.07, 6.45) is 3.41. The van der Waals surface area contributed by atoms with Crippen LogP contribution in [-0.2, 0) is 0 Å². The van der Waals surface area contributed by atoms with Crippen LogP contribution in [-0.4, -0.2) is 21.9 Å². The Bertz CT molecular complexity index is 1050. The number of fused-ring (bicyclic) bond motifs is 1. The van der Waals surface area contributed by atoms with Crippen molar-refractivity contribution in [1.82, 2.24) is 4.98 Å². The molecule has 0 aliphatic rings. The maximum Gasteiger partial charge on any atom is 0.292 e. The van der Waals surface area contributed by atoms with Crippen molar-refractivity contribution in [1.29, 1.82) is 0 Å². The lowest BCUT2D eigenvalue weighted by molar-refractivity contribution is -0.384. The normalized spacial score (nSPS) is 11.0. The van der Waals surface area contributed by atoms with Gasteiger partial charge in [-0.25, -0.2) is 4.98 Å². The van der Waals surface area contributed by atoms with Gasteiger partial charge in [0.15, 0.2) is 0 Å². The summed E-state index contributed by atoms with van der Waals surface area (Å²) in [4.78, 5) is 25.7. The molecule has 0 aliphatic carbocycles. The number of nitro benzene ring substituents is 2. The lowest BCUT2D eigenvalue weighted by Gasteiger charge is -2.03. The van der Waals surface area contributed by atoms with Crippen LogP contribution in [0.25, 0.3) is 23.1 Å². The predicted molar refractivity (Wildman–Crippen MR) is 100.0 cm³/mol. The zero-order valence-electron chi connectivity index (χ0n) is 13.7. The molecule has 0 aliphatic heterocycles. The third-order valence-corrected chi connectivity index (χ3v) is 3.86. The first-order valence-electron chi connectivity index (χ1n) is 7.68. The number of rotatable bonds is 5. The summed E-state index contributed by atoms with van der Waals surface area (Å²) < 4.78 is 0. The van der Waals surface area contributed by atoms with Gasteiger partial charge in [-0.1, -0.05) is 18.2 Å². The molecule has 8 nitrogen and oxygen atoms in total. The average molecular weight is 350 g/mol. The van der Waals surface area contributed by atoms with Crippen molar-refractivity contribution in [3.63, 3.8) is 0 Å². The van der Waals surface area contributed by atoms with Crippen molar-refractivity contribution < 1.29 is 9.85 Å². The topological polar surface area (TPSA) is 111 Å². The maximum absolute atomic E-state index is 11.1. The molecule has 2 aromatic carbocycles. The van der Waals surface area contributed by atoms with E-state index in [1.54, 1.807) is 55.6 Å². The number of nitro groups is 2. The van der Waals surface area contributed by atoms with E-state index in [0.29, 0.717) is 27.8 Å². The molecule has 130 valence electrons. The Kier molecular flexibility index (Phi) is 4.57. The van der Waals surface area contributed by atoms with Gasteiger partial charge in [0, 0.05) is 19.2 Å². The van der Waals surface area contributed by atoms with E-state index in [1.807, 2.05) is 0 Å². The zero-order valence-corrected chi connectivity index (χ0v) is 13.7. The number of hydrogen-bond donors (Lipinski definition) is 1. The van der Waals surface area contributed by atoms with Gasteiger partial charge in [-0.3, -0.25) is 20.2 Å². The van der Waals surface area contributed by atoms with Crippen LogP contribution in [0.15, 0.2) is 48.5 Å². The second kappa shape index (κ2) is 6.98. The number of nitrogens with zero attached hydrogens (tertiary/aromatic N) is 3. The van der Waals surface area contributed by atoms with Crippen molar-refractivity contribution in [3.8, 4) is 0 Å². The fourth-order valence-electron chi connectivity index (χ4n) is 2.60. The summed E-state index contributed by atoms with van der Waals surface area (Å²) in [5.41, 5.74) is 2.18. The standard InChI is InChI=1S/C18H14N4O4/c1-19-16-10-6-12(11-18(16)22(25)26)5-7-13-8-9-14-15(20-13)3-2-4-17(14)21(23)24/h2-11,19H,1H3/b7-5+. The molecule has 0 fully saturated rings. The van der Waals surface area contributed by atoms with Crippen LogP contribution < -0.4 is 5.32 Å². The lowest BCUT2D eigenvalue weighted by atomic mass is 10.1. The molecule has 0 radical (unpaired) electrons. The first-order chi connectivity index (χ1) is 12.5. The van der Waals surface area contributed by atoms with Gasteiger partial charge in [0.1, 0.15) is 5.69 Å². The van der Waals surface area contributed by atoms with Crippen molar-refractivity contribution in [3.05, 3.63) is 80.0 Å². The van der Waals surface area contributed by atoms with E-state index in [1.165, 1.54) is 12.1 Å². The highest BCUT2D eigenvalue weighted by Crippen LogP contribution is 2.27. The molecule has 8 heteroatoms. The first kappa shape index (κ1) is 17.0. The lowest BCUT2D eigenvalue weighted by Crippen LogP contribution is -1.96. The number of anilines is 1. The predicted octanol–water partition coefficient (Wildman–Crippen LogP) is 4.26. The van der Waals surface area contributed by atoms with Gasteiger partial charge in [-0.15, -0.1) is 0 Å². The van der Waals surface area contributed by atoms with Crippen LogP contribution in [0.1, 0.15) is 11.3 Å². The molecule has 0 bridgehead atoms. The Morgan fingerprint density at radius 3 is 2.42 bits per heavy atom. The number of non-ortho nitro benzene ring substituents is 1. The van der Waals surface area contributed by atoms with Gasteiger partial charge in [0.05, 0.1) is 26.4 Å². The molecular weight excluding hydrogens is 336 g/mol. The largest absolute Gasteiger partial charge is 0.383 e. The molecule has 0 saturated carbocycles. The minimum atomic E-state index is -0.448. The van der Waals surface area contributed by atoms with Crippen LogP contribution >= 0.6 is 0 Å². The van der Waals surface area contributed by atoms with Gasteiger partial charge < -0.3 is 5.32 Å². The molecular formula is C18H14N4O4. The molecule has 1 aromatic heterocycles. The van der Waals surface area contributed by atoms with E-state index in [4.69, 9.17) is 0 Å².